The van der Waals surface area contributed by atoms with Gasteiger partial charge in [0, 0.05) is 20.8 Å². The van der Waals surface area contributed by atoms with Crippen LogP contribution in [0.3, 0.4) is 0 Å². The van der Waals surface area contributed by atoms with Gasteiger partial charge in [-0.15, -0.1) is 11.3 Å². The van der Waals surface area contributed by atoms with Crippen LogP contribution in [-0.4, -0.2) is 7.05 Å². The number of aryl methyl sites for hydroxylation is 2. The lowest BCUT2D eigenvalue weighted by atomic mass is 10.0. The number of likely N-dealkylation sites (N-methyl/N-ethyl adjacent to an activating group) is 1. The second kappa shape index (κ2) is 5.84. The third-order valence-electron chi connectivity index (χ3n) is 3.89. The summed E-state index contributed by atoms with van der Waals surface area (Å²) in [5.41, 5.74) is 2.36. The van der Waals surface area contributed by atoms with Gasteiger partial charge in [-0.05, 0) is 68.1 Å². The van der Waals surface area contributed by atoms with E-state index in [1.807, 2.05) is 18.4 Å². The topological polar surface area (TPSA) is 12.0 Å². The van der Waals surface area contributed by atoms with Crippen molar-refractivity contribution in [3.05, 3.63) is 56.0 Å². The largest absolute Gasteiger partial charge is 0.312 e. The Kier molecular flexibility index (Phi) is 4.11. The van der Waals surface area contributed by atoms with Crippen LogP contribution in [0.5, 0.6) is 0 Å². The van der Waals surface area contributed by atoms with Crippen LogP contribution < -0.4 is 5.32 Å². The van der Waals surface area contributed by atoms with Crippen LogP contribution in [0, 0.1) is 5.82 Å². The molecule has 0 aliphatic heterocycles. The Morgan fingerprint density at radius 1 is 1.35 bits per heavy atom. The molecule has 0 saturated carbocycles. The summed E-state index contributed by atoms with van der Waals surface area (Å²) in [6.07, 6.45) is 4.40. The molecule has 0 saturated heterocycles. The van der Waals surface area contributed by atoms with Gasteiger partial charge in [0.15, 0.2) is 0 Å². The molecule has 2 aromatic rings. The van der Waals surface area contributed by atoms with Gasteiger partial charge in [0.1, 0.15) is 5.82 Å². The Morgan fingerprint density at radius 3 is 2.95 bits per heavy atom. The Balaban J connectivity index is 1.84. The summed E-state index contributed by atoms with van der Waals surface area (Å²) < 4.78 is 13.4. The molecule has 0 amide bonds. The molecule has 0 bridgehead atoms. The third kappa shape index (κ3) is 2.76. The van der Waals surface area contributed by atoms with Crippen LogP contribution in [0.1, 0.15) is 33.3 Å². The van der Waals surface area contributed by atoms with Gasteiger partial charge in [-0.2, -0.15) is 0 Å². The van der Waals surface area contributed by atoms with Gasteiger partial charge < -0.3 is 5.32 Å². The van der Waals surface area contributed by atoms with Crippen molar-refractivity contribution in [3.63, 3.8) is 0 Å². The number of thiophene rings is 1. The van der Waals surface area contributed by atoms with Crippen molar-refractivity contribution in [2.75, 3.05) is 7.05 Å². The van der Waals surface area contributed by atoms with Crippen molar-refractivity contribution >= 4 is 22.9 Å². The number of hydrogen-bond acceptors (Lipinski definition) is 2. The molecule has 1 N–H and O–H groups in total. The normalized spacial score (nSPS) is 15.3. The minimum Gasteiger partial charge on any atom is -0.312 e. The zero-order chi connectivity index (χ0) is 14.1. The summed E-state index contributed by atoms with van der Waals surface area (Å²) in [5, 5.41) is 3.97. The van der Waals surface area contributed by atoms with E-state index in [9.17, 15) is 4.39 Å². The van der Waals surface area contributed by atoms with Gasteiger partial charge in [0.25, 0.3) is 0 Å². The predicted octanol–water partition coefficient (Wildman–Crippen LogP) is 4.53. The highest BCUT2D eigenvalue weighted by atomic mass is 35.5. The summed E-state index contributed by atoms with van der Waals surface area (Å²) in [4.78, 5) is 2.85. The van der Waals surface area contributed by atoms with Gasteiger partial charge in [0.05, 0.1) is 0 Å². The second-order valence-electron chi connectivity index (χ2n) is 5.23. The molecule has 1 nitrogen and oxygen atoms in total. The predicted molar refractivity (Wildman–Crippen MR) is 83.3 cm³/mol. The average molecular weight is 310 g/mol. The fraction of sp³-hybridized carbons (Fsp3) is 0.375. The van der Waals surface area contributed by atoms with Crippen LogP contribution in [0.25, 0.3) is 0 Å². The van der Waals surface area contributed by atoms with Crippen molar-refractivity contribution in [2.24, 2.45) is 0 Å². The summed E-state index contributed by atoms with van der Waals surface area (Å²) in [6, 6.07) is 7.08. The molecule has 1 aromatic carbocycles. The van der Waals surface area contributed by atoms with Gasteiger partial charge in [-0.25, -0.2) is 4.39 Å². The van der Waals surface area contributed by atoms with Crippen molar-refractivity contribution in [2.45, 2.75) is 31.7 Å². The molecule has 0 radical (unpaired) electrons. The molecule has 1 aromatic heterocycles. The Morgan fingerprint density at radius 2 is 2.20 bits per heavy atom. The first kappa shape index (κ1) is 14.1. The smallest absolute Gasteiger partial charge is 0.123 e. The highest BCUT2D eigenvalue weighted by Gasteiger charge is 2.20. The Labute approximate surface area is 127 Å². The van der Waals surface area contributed by atoms with E-state index in [1.54, 1.807) is 6.07 Å². The molecule has 3 rings (SSSR count). The number of nitrogens with one attached hydrogen (secondary N) is 1. The molecule has 0 fully saturated rings. The van der Waals surface area contributed by atoms with Gasteiger partial charge in [-0.3, -0.25) is 0 Å². The van der Waals surface area contributed by atoms with Crippen molar-refractivity contribution in [3.8, 4) is 0 Å². The van der Waals surface area contributed by atoms with E-state index in [0.29, 0.717) is 11.4 Å². The van der Waals surface area contributed by atoms with Crippen LogP contribution in [0.4, 0.5) is 4.39 Å². The maximum absolute atomic E-state index is 13.4. The summed E-state index contributed by atoms with van der Waals surface area (Å²) >= 11 is 8.05. The van der Waals surface area contributed by atoms with Crippen molar-refractivity contribution in [1.82, 2.24) is 5.32 Å². The maximum atomic E-state index is 13.4. The van der Waals surface area contributed by atoms with Crippen LogP contribution >= 0.6 is 22.9 Å². The molecule has 1 aliphatic rings. The van der Waals surface area contributed by atoms with Crippen molar-refractivity contribution in [1.29, 1.82) is 0 Å². The first-order chi connectivity index (χ1) is 9.67. The van der Waals surface area contributed by atoms with E-state index in [4.69, 9.17) is 11.6 Å². The molecular weight excluding hydrogens is 293 g/mol. The van der Waals surface area contributed by atoms with E-state index in [-0.39, 0.29) is 11.9 Å². The molecule has 4 heteroatoms. The number of halogens is 2. The Hall–Kier alpha value is -0.900. The molecular formula is C16H17ClFNS. The fourth-order valence-corrected chi connectivity index (χ4v) is 4.35. The number of hydrogen-bond donors (Lipinski definition) is 1. The van der Waals surface area contributed by atoms with Crippen LogP contribution in [-0.2, 0) is 19.3 Å². The first-order valence-electron chi connectivity index (χ1n) is 6.90. The lowest BCUT2D eigenvalue weighted by Crippen LogP contribution is -2.18. The van der Waals surface area contributed by atoms with Gasteiger partial charge in [0.2, 0.25) is 0 Å². The summed E-state index contributed by atoms with van der Waals surface area (Å²) in [6.45, 7) is 0. The van der Waals surface area contributed by atoms with E-state index in [0.717, 1.165) is 5.56 Å². The zero-order valence-corrected chi connectivity index (χ0v) is 13.0. The molecule has 1 atom stereocenters. The van der Waals surface area contributed by atoms with E-state index >= 15 is 0 Å². The fourth-order valence-electron chi connectivity index (χ4n) is 2.79. The molecule has 1 heterocycles. The van der Waals surface area contributed by atoms with E-state index in [2.05, 4.69) is 11.4 Å². The number of rotatable bonds is 4. The maximum Gasteiger partial charge on any atom is 0.123 e. The van der Waals surface area contributed by atoms with Gasteiger partial charge >= 0.3 is 0 Å². The minimum atomic E-state index is -0.229. The summed E-state index contributed by atoms with van der Waals surface area (Å²) in [7, 11) is 1.95. The highest BCUT2D eigenvalue weighted by Crippen LogP contribution is 2.35. The minimum absolute atomic E-state index is 0.199. The standard InChI is InChI=1S/C16H17ClFNS/c1-19-14(8-11-7-12(18)5-6-13(11)17)16-9-10-3-2-4-15(10)20-16/h5-7,9,14,19H,2-4,8H2,1H3. The van der Waals surface area contributed by atoms with Crippen molar-refractivity contribution < 1.29 is 4.39 Å². The molecule has 106 valence electrons. The average Bonchev–Trinajstić information content (AvgIpc) is 3.00. The number of benzene rings is 1. The highest BCUT2D eigenvalue weighted by molar-refractivity contribution is 7.12. The molecule has 1 aliphatic carbocycles. The monoisotopic (exact) mass is 309 g/mol. The summed E-state index contributed by atoms with van der Waals surface area (Å²) in [5.74, 6) is -0.229. The SMILES string of the molecule is CNC(Cc1cc(F)ccc1Cl)c1cc2c(s1)CCC2. The number of fused-ring (bicyclic) bond motifs is 1. The second-order valence-corrected chi connectivity index (χ2v) is 6.81. The first-order valence-corrected chi connectivity index (χ1v) is 8.09. The zero-order valence-electron chi connectivity index (χ0n) is 11.4. The Bertz CT molecular complexity index is 601. The third-order valence-corrected chi connectivity index (χ3v) is 5.61. The van der Waals surface area contributed by atoms with E-state index < -0.39 is 0 Å². The van der Waals surface area contributed by atoms with E-state index in [1.165, 1.54) is 46.7 Å². The van der Waals surface area contributed by atoms with Crippen LogP contribution in [0.2, 0.25) is 5.02 Å². The lowest BCUT2D eigenvalue weighted by molar-refractivity contribution is 0.592. The molecule has 20 heavy (non-hydrogen) atoms. The van der Waals surface area contributed by atoms with Crippen LogP contribution in [0.15, 0.2) is 24.3 Å². The molecule has 1 unspecified atom stereocenters. The quantitative estimate of drug-likeness (QED) is 0.875. The lowest BCUT2D eigenvalue weighted by Gasteiger charge is -2.15. The van der Waals surface area contributed by atoms with Gasteiger partial charge in [-0.1, -0.05) is 11.6 Å². The molecule has 0 spiro atoms.